The van der Waals surface area contributed by atoms with Gasteiger partial charge in [0.2, 0.25) is 0 Å². The monoisotopic (exact) mass is 277 g/mol. The molecule has 0 amide bonds. The van der Waals surface area contributed by atoms with Crippen molar-refractivity contribution in [1.29, 1.82) is 0 Å². The largest absolute Gasteiger partial charge is 0.458 e. The number of nitrogens with zero attached hydrogens (tertiary/aromatic N) is 1. The lowest BCUT2D eigenvalue weighted by atomic mass is 10.1. The highest BCUT2D eigenvalue weighted by molar-refractivity contribution is 5.77. The molecule has 2 aromatic rings. The van der Waals surface area contributed by atoms with Gasteiger partial charge in [0, 0.05) is 5.69 Å². The molecular weight excluding hydrogens is 258 g/mol. The van der Waals surface area contributed by atoms with Crippen LogP contribution in [-0.4, -0.2) is 0 Å². The Morgan fingerprint density at radius 3 is 2.38 bits per heavy atom. The fourth-order valence-electron chi connectivity index (χ4n) is 2.55. The van der Waals surface area contributed by atoms with Crippen LogP contribution in [0.5, 0.6) is 5.75 Å². The first-order chi connectivity index (χ1) is 10.2. The Labute approximate surface area is 126 Å². The Bertz CT molecular complexity index is 711. The van der Waals surface area contributed by atoms with Crippen molar-refractivity contribution in [1.82, 2.24) is 0 Å². The predicted molar refractivity (Wildman–Crippen MR) is 87.9 cm³/mol. The van der Waals surface area contributed by atoms with E-state index in [4.69, 9.17) is 4.74 Å². The third-order valence-corrected chi connectivity index (χ3v) is 3.59. The van der Waals surface area contributed by atoms with Crippen molar-refractivity contribution in [3.63, 3.8) is 0 Å². The van der Waals surface area contributed by atoms with E-state index in [9.17, 15) is 0 Å². The summed E-state index contributed by atoms with van der Waals surface area (Å²) in [6, 6.07) is 16.7. The highest BCUT2D eigenvalue weighted by Crippen LogP contribution is 2.42. The van der Waals surface area contributed by atoms with E-state index < -0.39 is 0 Å². The van der Waals surface area contributed by atoms with Crippen LogP contribution in [0.1, 0.15) is 19.4 Å². The van der Waals surface area contributed by atoms with Gasteiger partial charge in [-0.1, -0.05) is 35.9 Å². The van der Waals surface area contributed by atoms with E-state index in [0.29, 0.717) is 0 Å². The van der Waals surface area contributed by atoms with Crippen molar-refractivity contribution in [2.75, 3.05) is 4.90 Å². The van der Waals surface area contributed by atoms with Crippen molar-refractivity contribution < 1.29 is 4.74 Å². The molecule has 0 N–H and O–H groups in total. The maximum atomic E-state index is 5.96. The Kier molecular flexibility index (Phi) is 3.53. The summed E-state index contributed by atoms with van der Waals surface area (Å²) in [5, 5.41) is 0. The molecule has 0 aliphatic carbocycles. The molecule has 0 atom stereocenters. The molecule has 21 heavy (non-hydrogen) atoms. The van der Waals surface area contributed by atoms with E-state index in [-0.39, 0.29) is 0 Å². The normalized spacial score (nSPS) is 14.3. The summed E-state index contributed by atoms with van der Waals surface area (Å²) in [7, 11) is 0. The summed E-state index contributed by atoms with van der Waals surface area (Å²) < 4.78 is 5.96. The van der Waals surface area contributed by atoms with Crippen LogP contribution in [0.4, 0.5) is 11.4 Å². The van der Waals surface area contributed by atoms with Crippen LogP contribution < -0.4 is 9.64 Å². The van der Waals surface area contributed by atoms with Gasteiger partial charge in [-0.3, -0.25) is 0 Å². The topological polar surface area (TPSA) is 12.5 Å². The van der Waals surface area contributed by atoms with Crippen LogP contribution in [0, 0.1) is 6.92 Å². The number of hydrogen-bond donors (Lipinski definition) is 0. The highest BCUT2D eigenvalue weighted by Gasteiger charge is 2.24. The summed E-state index contributed by atoms with van der Waals surface area (Å²) in [6.07, 6.45) is 4.13. The number of para-hydroxylation sites is 2. The maximum absolute atomic E-state index is 5.96. The van der Waals surface area contributed by atoms with Crippen molar-refractivity contribution >= 4 is 11.4 Å². The number of benzene rings is 2. The van der Waals surface area contributed by atoms with Gasteiger partial charge in [0.05, 0.1) is 11.4 Å². The number of rotatable bonds is 2. The van der Waals surface area contributed by atoms with Gasteiger partial charge in [-0.05, 0) is 51.1 Å². The van der Waals surface area contributed by atoms with Crippen LogP contribution in [0.3, 0.4) is 0 Å². The second kappa shape index (κ2) is 5.49. The van der Waals surface area contributed by atoms with Gasteiger partial charge in [-0.2, -0.15) is 0 Å². The lowest BCUT2D eigenvalue weighted by Crippen LogP contribution is -2.22. The summed E-state index contributed by atoms with van der Waals surface area (Å²) in [4.78, 5) is 2.24. The van der Waals surface area contributed by atoms with Crippen LogP contribution in [0.25, 0.3) is 0 Å². The minimum absolute atomic E-state index is 0.892. The Morgan fingerprint density at radius 1 is 0.952 bits per heavy atom. The van der Waals surface area contributed by atoms with E-state index in [1.54, 1.807) is 0 Å². The fourth-order valence-corrected chi connectivity index (χ4v) is 2.55. The summed E-state index contributed by atoms with van der Waals surface area (Å²) in [6.45, 7) is 6.13. The number of hydrogen-bond acceptors (Lipinski definition) is 2. The first-order valence-electron chi connectivity index (χ1n) is 7.18. The molecule has 1 heterocycles. The zero-order valence-electron chi connectivity index (χ0n) is 12.6. The van der Waals surface area contributed by atoms with Crippen LogP contribution in [0.2, 0.25) is 0 Å². The zero-order valence-corrected chi connectivity index (χ0v) is 12.6. The van der Waals surface area contributed by atoms with E-state index in [2.05, 4.69) is 48.2 Å². The smallest absolute Gasteiger partial charge is 0.151 e. The molecule has 106 valence electrons. The molecule has 0 radical (unpaired) electrons. The average molecular weight is 277 g/mol. The molecule has 2 heteroatoms. The van der Waals surface area contributed by atoms with E-state index in [1.165, 1.54) is 5.56 Å². The molecule has 1 aliphatic rings. The number of fused-ring (bicyclic) bond motifs is 1. The van der Waals surface area contributed by atoms with Crippen molar-refractivity contribution in [2.45, 2.75) is 20.8 Å². The van der Waals surface area contributed by atoms with Crippen LogP contribution >= 0.6 is 0 Å². The first kappa shape index (κ1) is 13.5. The fraction of sp³-hybridized carbons (Fsp3) is 0.158. The third-order valence-electron chi connectivity index (χ3n) is 3.59. The number of ether oxygens (including phenoxy) is 1. The summed E-state index contributed by atoms with van der Waals surface area (Å²) in [5.74, 6) is 1.80. The van der Waals surface area contributed by atoms with Crippen LogP contribution in [0.15, 0.2) is 72.1 Å². The second-order valence-electron chi connectivity index (χ2n) is 5.18. The molecule has 0 bridgehead atoms. The Hall–Kier alpha value is -2.48. The van der Waals surface area contributed by atoms with Crippen molar-refractivity contribution in [2.24, 2.45) is 0 Å². The van der Waals surface area contributed by atoms with Gasteiger partial charge < -0.3 is 9.64 Å². The van der Waals surface area contributed by atoms with Gasteiger partial charge in [0.15, 0.2) is 5.75 Å². The van der Waals surface area contributed by atoms with E-state index in [1.807, 2.05) is 38.1 Å². The van der Waals surface area contributed by atoms with Gasteiger partial charge in [-0.15, -0.1) is 0 Å². The maximum Gasteiger partial charge on any atom is 0.151 e. The van der Waals surface area contributed by atoms with E-state index >= 15 is 0 Å². The van der Waals surface area contributed by atoms with Gasteiger partial charge in [-0.25, -0.2) is 0 Å². The average Bonchev–Trinajstić information content (AvgIpc) is 2.49. The number of aryl methyl sites for hydroxylation is 1. The standard InChI is InChI=1S/C19H19NO/c1-4-7-17-15(3)21-19-9-6-5-8-18(19)20(17)16-12-10-14(2)11-13-16/h4-13H,1-3H3/b7-4-. The summed E-state index contributed by atoms with van der Waals surface area (Å²) >= 11 is 0. The molecule has 2 nitrogen and oxygen atoms in total. The van der Waals surface area contributed by atoms with Crippen LogP contribution in [-0.2, 0) is 0 Å². The lowest BCUT2D eigenvalue weighted by molar-refractivity contribution is 0.414. The minimum Gasteiger partial charge on any atom is -0.458 e. The molecule has 0 unspecified atom stereocenters. The zero-order chi connectivity index (χ0) is 14.8. The Morgan fingerprint density at radius 2 is 1.67 bits per heavy atom. The van der Waals surface area contributed by atoms with Gasteiger partial charge in [0.25, 0.3) is 0 Å². The van der Waals surface area contributed by atoms with E-state index in [0.717, 1.165) is 28.6 Å². The molecule has 2 aromatic carbocycles. The number of anilines is 2. The summed E-state index contributed by atoms with van der Waals surface area (Å²) in [5.41, 5.74) is 4.54. The number of allylic oxidation sites excluding steroid dienone is 3. The lowest BCUT2D eigenvalue weighted by Gasteiger charge is -2.33. The van der Waals surface area contributed by atoms with Crippen molar-refractivity contribution in [3.05, 3.63) is 77.7 Å². The van der Waals surface area contributed by atoms with Gasteiger partial charge >= 0.3 is 0 Å². The molecule has 0 saturated carbocycles. The third kappa shape index (κ3) is 2.45. The molecular formula is C19H19NO. The molecule has 0 saturated heterocycles. The first-order valence-corrected chi connectivity index (χ1v) is 7.18. The molecule has 1 aliphatic heterocycles. The molecule has 0 fully saturated rings. The molecule has 3 rings (SSSR count). The minimum atomic E-state index is 0.892. The predicted octanol–water partition coefficient (Wildman–Crippen LogP) is 5.33. The van der Waals surface area contributed by atoms with Crippen molar-refractivity contribution in [3.8, 4) is 5.75 Å². The SMILES string of the molecule is C/C=C\C1=C(C)Oc2ccccc2N1c1ccc(C)cc1. The second-order valence-corrected chi connectivity index (χ2v) is 5.18. The molecule has 0 aromatic heterocycles. The highest BCUT2D eigenvalue weighted by atomic mass is 16.5. The Balaban J connectivity index is 2.19. The van der Waals surface area contributed by atoms with Gasteiger partial charge in [0.1, 0.15) is 5.76 Å². The molecule has 0 spiro atoms. The quantitative estimate of drug-likeness (QED) is 0.735.